The van der Waals surface area contributed by atoms with E-state index in [0.29, 0.717) is 6.54 Å². The fraction of sp³-hybridized carbons (Fsp3) is 0.474. The highest BCUT2D eigenvalue weighted by atomic mass is 16.5. The van der Waals surface area contributed by atoms with Crippen molar-refractivity contribution in [1.82, 2.24) is 15.5 Å². The molecule has 1 aromatic carbocycles. The summed E-state index contributed by atoms with van der Waals surface area (Å²) in [6.45, 7) is 5.57. The van der Waals surface area contributed by atoms with Crippen molar-refractivity contribution in [2.24, 2.45) is 5.92 Å². The number of amides is 4. The third-order valence-electron chi connectivity index (χ3n) is 4.21. The molecule has 2 N–H and O–H groups in total. The first-order valence-corrected chi connectivity index (χ1v) is 8.92. The standard InChI is InChI=1S/C19H25N3O5/c1-12(2)16(21-15(23)11-14-7-5-4-6-8-14)18(25)27-13(3)17(24)22-10-9-20-19(22)26/h4-8,12-13,16H,9-11H2,1-3H3,(H,20,26)(H,21,23)/t13-,16-/m0/s1. The van der Waals surface area contributed by atoms with Crippen LogP contribution in [0, 0.1) is 5.92 Å². The molecule has 0 spiro atoms. The summed E-state index contributed by atoms with van der Waals surface area (Å²) in [5.74, 6) is -1.83. The van der Waals surface area contributed by atoms with Crippen LogP contribution in [0.15, 0.2) is 30.3 Å². The third-order valence-corrected chi connectivity index (χ3v) is 4.21. The number of benzene rings is 1. The molecule has 27 heavy (non-hydrogen) atoms. The molecule has 1 aliphatic rings. The number of urea groups is 1. The summed E-state index contributed by atoms with van der Waals surface area (Å²) in [4.78, 5) is 49.6. The van der Waals surface area contributed by atoms with Gasteiger partial charge in [-0.2, -0.15) is 0 Å². The van der Waals surface area contributed by atoms with Crippen LogP contribution in [0.25, 0.3) is 0 Å². The van der Waals surface area contributed by atoms with Crippen molar-refractivity contribution in [2.75, 3.05) is 13.1 Å². The normalized spacial score (nSPS) is 15.9. The molecule has 1 aromatic rings. The average Bonchev–Trinajstić information content (AvgIpc) is 3.05. The Morgan fingerprint density at radius 3 is 2.41 bits per heavy atom. The lowest BCUT2D eigenvalue weighted by molar-refractivity contribution is -0.160. The molecule has 2 rings (SSSR count). The van der Waals surface area contributed by atoms with Crippen LogP contribution in [0.4, 0.5) is 4.79 Å². The van der Waals surface area contributed by atoms with Crippen molar-refractivity contribution >= 4 is 23.8 Å². The van der Waals surface area contributed by atoms with Gasteiger partial charge in [0, 0.05) is 13.1 Å². The molecule has 8 nitrogen and oxygen atoms in total. The van der Waals surface area contributed by atoms with Crippen LogP contribution in [-0.4, -0.2) is 54.0 Å². The van der Waals surface area contributed by atoms with Gasteiger partial charge in [-0.25, -0.2) is 9.59 Å². The highest BCUT2D eigenvalue weighted by Gasteiger charge is 2.34. The van der Waals surface area contributed by atoms with E-state index in [1.165, 1.54) is 6.92 Å². The van der Waals surface area contributed by atoms with Gasteiger partial charge in [-0.15, -0.1) is 0 Å². The van der Waals surface area contributed by atoms with Crippen molar-refractivity contribution in [1.29, 1.82) is 0 Å². The number of nitrogens with one attached hydrogen (secondary N) is 2. The Kier molecular flexibility index (Phi) is 6.92. The van der Waals surface area contributed by atoms with Crippen LogP contribution in [0.2, 0.25) is 0 Å². The maximum absolute atomic E-state index is 12.5. The Hall–Kier alpha value is -2.90. The first-order valence-electron chi connectivity index (χ1n) is 8.92. The molecule has 4 amide bonds. The lowest BCUT2D eigenvalue weighted by atomic mass is 10.0. The van der Waals surface area contributed by atoms with Crippen molar-refractivity contribution in [3.05, 3.63) is 35.9 Å². The number of nitrogens with zero attached hydrogens (tertiary/aromatic N) is 1. The Bertz CT molecular complexity index is 705. The first-order chi connectivity index (χ1) is 12.8. The topological polar surface area (TPSA) is 105 Å². The van der Waals surface area contributed by atoms with Crippen molar-refractivity contribution in [2.45, 2.75) is 39.3 Å². The Labute approximate surface area is 158 Å². The molecule has 0 radical (unpaired) electrons. The van der Waals surface area contributed by atoms with Crippen LogP contribution in [0.5, 0.6) is 0 Å². The predicted molar refractivity (Wildman–Crippen MR) is 97.6 cm³/mol. The summed E-state index contributed by atoms with van der Waals surface area (Å²) in [6, 6.07) is 7.78. The fourth-order valence-electron chi connectivity index (χ4n) is 2.70. The number of hydrogen-bond donors (Lipinski definition) is 2. The van der Waals surface area contributed by atoms with Gasteiger partial charge in [0.25, 0.3) is 5.91 Å². The van der Waals surface area contributed by atoms with Crippen LogP contribution >= 0.6 is 0 Å². The van der Waals surface area contributed by atoms with Crippen LogP contribution in [0.3, 0.4) is 0 Å². The summed E-state index contributed by atoms with van der Waals surface area (Å²) in [7, 11) is 0. The lowest BCUT2D eigenvalue weighted by Crippen LogP contribution is -2.49. The minimum atomic E-state index is -1.12. The van der Waals surface area contributed by atoms with E-state index in [0.717, 1.165) is 10.5 Å². The largest absolute Gasteiger partial charge is 0.451 e. The Morgan fingerprint density at radius 2 is 1.85 bits per heavy atom. The number of carbonyl (C=O) groups excluding carboxylic acids is 4. The minimum absolute atomic E-state index is 0.139. The second-order valence-corrected chi connectivity index (χ2v) is 6.75. The summed E-state index contributed by atoms with van der Waals surface area (Å²) < 4.78 is 5.22. The Balaban J connectivity index is 1.94. The average molecular weight is 375 g/mol. The van der Waals surface area contributed by atoms with Crippen LogP contribution in [-0.2, 0) is 25.5 Å². The van der Waals surface area contributed by atoms with Gasteiger partial charge < -0.3 is 15.4 Å². The summed E-state index contributed by atoms with van der Waals surface area (Å²) >= 11 is 0. The van der Waals surface area contributed by atoms with E-state index in [4.69, 9.17) is 4.74 Å². The van der Waals surface area contributed by atoms with Crippen LogP contribution in [0.1, 0.15) is 26.3 Å². The van der Waals surface area contributed by atoms with Gasteiger partial charge in [0.1, 0.15) is 6.04 Å². The third kappa shape index (κ3) is 5.54. The molecule has 0 saturated carbocycles. The van der Waals surface area contributed by atoms with Crippen molar-refractivity contribution in [3.63, 3.8) is 0 Å². The monoisotopic (exact) mass is 375 g/mol. The van der Waals surface area contributed by atoms with Gasteiger partial charge in [0.15, 0.2) is 6.10 Å². The zero-order valence-corrected chi connectivity index (χ0v) is 15.7. The second-order valence-electron chi connectivity index (χ2n) is 6.75. The zero-order chi connectivity index (χ0) is 20.0. The highest BCUT2D eigenvalue weighted by molar-refractivity contribution is 5.98. The maximum Gasteiger partial charge on any atom is 0.329 e. The molecule has 1 saturated heterocycles. The van der Waals surface area contributed by atoms with Crippen molar-refractivity contribution in [3.8, 4) is 0 Å². The molecule has 0 aromatic heterocycles. The smallest absolute Gasteiger partial charge is 0.329 e. The van der Waals surface area contributed by atoms with Crippen molar-refractivity contribution < 1.29 is 23.9 Å². The molecule has 1 aliphatic heterocycles. The molecule has 146 valence electrons. The van der Waals surface area contributed by atoms with Gasteiger partial charge in [0.05, 0.1) is 6.42 Å². The molecule has 0 unspecified atom stereocenters. The highest BCUT2D eigenvalue weighted by Crippen LogP contribution is 2.10. The molecule has 2 atom stereocenters. The van der Waals surface area contributed by atoms with E-state index in [9.17, 15) is 19.2 Å². The number of rotatable bonds is 7. The quantitative estimate of drug-likeness (QED) is 0.688. The Morgan fingerprint density at radius 1 is 1.19 bits per heavy atom. The van der Waals surface area contributed by atoms with Gasteiger partial charge in [-0.3, -0.25) is 14.5 Å². The number of esters is 1. The molecular weight excluding hydrogens is 350 g/mol. The second kappa shape index (κ2) is 9.16. The van der Waals surface area contributed by atoms with E-state index < -0.39 is 30.1 Å². The summed E-state index contributed by atoms with van der Waals surface area (Å²) in [6.07, 6.45) is -0.978. The van der Waals surface area contributed by atoms with Crippen LogP contribution < -0.4 is 10.6 Å². The molecule has 8 heteroatoms. The molecule has 0 aliphatic carbocycles. The predicted octanol–water partition coefficient (Wildman–Crippen LogP) is 0.853. The maximum atomic E-state index is 12.5. The molecule has 1 fully saturated rings. The SMILES string of the molecule is CC(C)[C@H](NC(=O)Cc1ccccc1)C(=O)O[C@@H](C)C(=O)N1CCNC1=O. The van der Waals surface area contributed by atoms with Gasteiger partial charge >= 0.3 is 12.0 Å². The number of carbonyl (C=O) groups is 4. The molecular formula is C19H25N3O5. The van der Waals surface area contributed by atoms with Gasteiger partial charge in [0.2, 0.25) is 5.91 Å². The molecule has 0 bridgehead atoms. The van der Waals surface area contributed by atoms with Gasteiger partial charge in [-0.05, 0) is 18.4 Å². The van der Waals surface area contributed by atoms with E-state index in [2.05, 4.69) is 10.6 Å². The zero-order valence-electron chi connectivity index (χ0n) is 15.7. The number of hydrogen-bond acceptors (Lipinski definition) is 5. The summed E-state index contributed by atoms with van der Waals surface area (Å²) in [5.41, 5.74) is 0.828. The lowest BCUT2D eigenvalue weighted by Gasteiger charge is -2.24. The van der Waals surface area contributed by atoms with E-state index in [1.807, 2.05) is 30.3 Å². The van der Waals surface area contributed by atoms with E-state index in [1.54, 1.807) is 13.8 Å². The molecule has 1 heterocycles. The fourth-order valence-corrected chi connectivity index (χ4v) is 2.70. The minimum Gasteiger partial charge on any atom is -0.451 e. The summed E-state index contributed by atoms with van der Waals surface area (Å²) in [5, 5.41) is 5.19. The van der Waals surface area contributed by atoms with E-state index >= 15 is 0 Å². The van der Waals surface area contributed by atoms with E-state index in [-0.39, 0.29) is 24.8 Å². The first kappa shape index (κ1) is 20.4. The number of ether oxygens (including phenoxy) is 1. The van der Waals surface area contributed by atoms with Gasteiger partial charge in [-0.1, -0.05) is 44.2 Å². The number of imide groups is 1.